The summed E-state index contributed by atoms with van der Waals surface area (Å²) < 4.78 is 29.3. The van der Waals surface area contributed by atoms with Gasteiger partial charge in [0.1, 0.15) is 5.75 Å². The van der Waals surface area contributed by atoms with Crippen LogP contribution in [0.5, 0.6) is 5.75 Å². The van der Waals surface area contributed by atoms with Gasteiger partial charge in [0.2, 0.25) is 0 Å². The summed E-state index contributed by atoms with van der Waals surface area (Å²) in [6, 6.07) is 12.2. The number of halogens is 1. The molecule has 1 heterocycles. The number of benzene rings is 2. The van der Waals surface area contributed by atoms with E-state index >= 15 is 0 Å². The molecule has 8 nitrogen and oxygen atoms in total. The van der Waals surface area contributed by atoms with Crippen molar-refractivity contribution in [3.8, 4) is 17.0 Å². The molecule has 3 rings (SSSR count). The Morgan fingerprint density at radius 3 is 2.46 bits per heavy atom. The van der Waals surface area contributed by atoms with E-state index < -0.39 is 10.2 Å². The molecule has 10 heteroatoms. The number of rotatable bonds is 5. The van der Waals surface area contributed by atoms with Gasteiger partial charge in [-0.05, 0) is 23.8 Å². The zero-order chi connectivity index (χ0) is 18.0. The molecule has 26 heavy (non-hydrogen) atoms. The maximum absolute atomic E-state index is 12.0. The molecule has 0 saturated heterocycles. The van der Waals surface area contributed by atoms with Crippen molar-refractivity contribution in [1.82, 2.24) is 14.9 Å². The fourth-order valence-corrected chi connectivity index (χ4v) is 2.82. The van der Waals surface area contributed by atoms with E-state index in [1.165, 1.54) is 0 Å². The van der Waals surface area contributed by atoms with E-state index in [2.05, 4.69) is 14.9 Å². The topological polar surface area (TPSA) is 127 Å². The number of hydrogen-bond acceptors (Lipinski definition) is 5. The van der Waals surface area contributed by atoms with Gasteiger partial charge in [-0.25, -0.2) is 10.2 Å². The molecule has 0 radical (unpaired) electrons. The number of fused-ring (bicyclic) bond motifs is 1. The molecule has 0 bridgehead atoms. The molecule has 0 spiro atoms. The number of ether oxygens (including phenoxy) is 1. The Morgan fingerprint density at radius 1 is 1.15 bits per heavy atom. The number of nitrogens with one attached hydrogen (secondary N) is 2. The van der Waals surface area contributed by atoms with Crippen molar-refractivity contribution in [2.75, 3.05) is 7.11 Å². The summed E-state index contributed by atoms with van der Waals surface area (Å²) in [5.74, 6) is 0.620. The second-order valence-corrected chi connectivity index (χ2v) is 6.75. The Kier molecular flexibility index (Phi) is 5.98. The normalized spacial score (nSPS) is 11.2. The van der Waals surface area contributed by atoms with E-state index in [0.29, 0.717) is 22.2 Å². The Labute approximate surface area is 156 Å². The van der Waals surface area contributed by atoms with E-state index in [-0.39, 0.29) is 24.5 Å². The monoisotopic (exact) mass is 396 g/mol. The predicted molar refractivity (Wildman–Crippen MR) is 102 cm³/mol. The largest absolute Gasteiger partial charge is 0.497 e. The summed E-state index contributed by atoms with van der Waals surface area (Å²) in [7, 11) is -2.19. The number of H-pyrrole nitrogens is 1. The molecule has 0 saturated carbocycles. The second-order valence-electron chi connectivity index (χ2n) is 5.38. The van der Waals surface area contributed by atoms with Gasteiger partial charge >= 0.3 is 0 Å². The smallest absolute Gasteiger partial charge is 0.274 e. The van der Waals surface area contributed by atoms with E-state index in [9.17, 15) is 13.2 Å². The zero-order valence-corrected chi connectivity index (χ0v) is 15.4. The van der Waals surface area contributed by atoms with Crippen LogP contribution >= 0.6 is 12.4 Å². The molecule has 0 amide bonds. The van der Waals surface area contributed by atoms with E-state index in [4.69, 9.17) is 9.88 Å². The summed E-state index contributed by atoms with van der Waals surface area (Å²) in [6.45, 7) is 0.0900. The van der Waals surface area contributed by atoms with Crippen molar-refractivity contribution in [1.29, 1.82) is 0 Å². The lowest BCUT2D eigenvalue weighted by Gasteiger charge is -2.08. The van der Waals surface area contributed by atoms with Gasteiger partial charge in [-0.2, -0.15) is 18.2 Å². The minimum absolute atomic E-state index is 0. The third-order valence-corrected chi connectivity index (χ3v) is 4.25. The second kappa shape index (κ2) is 7.83. The molecule has 2 aromatic carbocycles. The van der Waals surface area contributed by atoms with Crippen molar-refractivity contribution >= 4 is 33.4 Å². The van der Waals surface area contributed by atoms with E-state index in [1.807, 2.05) is 0 Å². The Hall–Kier alpha value is -2.46. The minimum atomic E-state index is -3.74. The highest BCUT2D eigenvalue weighted by atomic mass is 35.5. The van der Waals surface area contributed by atoms with Crippen molar-refractivity contribution in [3.05, 3.63) is 58.4 Å². The molecule has 0 aliphatic carbocycles. The molecule has 138 valence electrons. The van der Waals surface area contributed by atoms with Crippen molar-refractivity contribution in [3.63, 3.8) is 0 Å². The minimum Gasteiger partial charge on any atom is -0.497 e. The highest BCUT2D eigenvalue weighted by Crippen LogP contribution is 2.27. The van der Waals surface area contributed by atoms with Crippen LogP contribution in [0.1, 0.15) is 5.56 Å². The summed E-state index contributed by atoms with van der Waals surface area (Å²) in [5.41, 5.74) is 1.83. The maximum Gasteiger partial charge on any atom is 0.274 e. The van der Waals surface area contributed by atoms with Gasteiger partial charge in [-0.1, -0.05) is 24.3 Å². The van der Waals surface area contributed by atoms with Crippen molar-refractivity contribution in [2.45, 2.75) is 6.54 Å². The summed E-state index contributed by atoms with van der Waals surface area (Å²) in [5, 5.41) is 12.7. The van der Waals surface area contributed by atoms with Gasteiger partial charge in [0.25, 0.3) is 15.8 Å². The Balaban J connectivity index is 0.00000243. The lowest BCUT2D eigenvalue weighted by atomic mass is 10.0. The van der Waals surface area contributed by atoms with Crippen molar-refractivity contribution in [2.24, 2.45) is 5.14 Å². The van der Waals surface area contributed by atoms with Gasteiger partial charge in [0, 0.05) is 17.5 Å². The molecule has 0 aliphatic heterocycles. The predicted octanol–water partition coefficient (Wildman–Crippen LogP) is 1.31. The van der Waals surface area contributed by atoms with Gasteiger partial charge in [-0.15, -0.1) is 12.4 Å². The highest BCUT2D eigenvalue weighted by Gasteiger charge is 2.10. The van der Waals surface area contributed by atoms with E-state index in [1.54, 1.807) is 49.6 Å². The standard InChI is InChI=1S/C16H16N4O4S.ClH/c1-24-12-6-7-13-14(8-12)15(19-20-16(13)21)11-4-2-10(3-5-11)9-18-25(17,22)23;/h2-8,18H,9H2,1H3,(H,20,21)(H2,17,22,23);1H. The molecule has 0 unspecified atom stereocenters. The first-order valence-corrected chi connectivity index (χ1v) is 8.85. The van der Waals surface area contributed by atoms with Gasteiger partial charge in [0.15, 0.2) is 0 Å². The zero-order valence-electron chi connectivity index (χ0n) is 13.7. The molecule has 4 N–H and O–H groups in total. The van der Waals surface area contributed by atoms with Crippen LogP contribution in [0.25, 0.3) is 22.0 Å². The molecule has 0 aliphatic rings. The number of nitrogens with two attached hydrogens (primary N) is 1. The Morgan fingerprint density at radius 2 is 1.85 bits per heavy atom. The number of aromatic amines is 1. The fraction of sp³-hybridized carbons (Fsp3) is 0.125. The van der Waals surface area contributed by atoms with Crippen LogP contribution in [0.3, 0.4) is 0 Å². The van der Waals surface area contributed by atoms with Crippen LogP contribution in [0, 0.1) is 0 Å². The van der Waals surface area contributed by atoms with Gasteiger partial charge < -0.3 is 4.74 Å². The number of nitrogens with zero attached hydrogens (tertiary/aromatic N) is 1. The summed E-state index contributed by atoms with van der Waals surface area (Å²) in [6.07, 6.45) is 0. The third-order valence-electron chi connectivity index (χ3n) is 3.70. The first-order valence-electron chi connectivity index (χ1n) is 7.30. The van der Waals surface area contributed by atoms with Crippen molar-refractivity contribution < 1.29 is 13.2 Å². The molecular formula is C16H17ClN4O4S. The SMILES string of the molecule is COc1ccc2c(=O)[nH]nc(-c3ccc(CNS(N)(=O)=O)cc3)c2c1.Cl. The molecule has 3 aromatic rings. The average molecular weight is 397 g/mol. The maximum atomic E-state index is 12.0. The summed E-state index contributed by atoms with van der Waals surface area (Å²) in [4.78, 5) is 12.0. The van der Waals surface area contributed by atoms with Gasteiger partial charge in [0.05, 0.1) is 18.2 Å². The number of aromatic nitrogens is 2. The summed E-state index contributed by atoms with van der Waals surface area (Å²) >= 11 is 0. The molecular weight excluding hydrogens is 380 g/mol. The van der Waals surface area contributed by atoms with Gasteiger partial charge in [-0.3, -0.25) is 4.79 Å². The van der Waals surface area contributed by atoms with Crippen LogP contribution in [-0.2, 0) is 16.8 Å². The van der Waals surface area contributed by atoms with Crippen LogP contribution in [0.2, 0.25) is 0 Å². The van der Waals surface area contributed by atoms with E-state index in [0.717, 1.165) is 11.1 Å². The number of methoxy groups -OCH3 is 1. The lowest BCUT2D eigenvalue weighted by molar-refractivity contribution is 0.415. The van der Waals surface area contributed by atoms with Crippen LogP contribution in [0.15, 0.2) is 47.3 Å². The Bertz CT molecular complexity index is 1080. The molecule has 1 aromatic heterocycles. The molecule has 0 atom stereocenters. The first-order chi connectivity index (χ1) is 11.9. The quantitative estimate of drug-likeness (QED) is 0.599. The average Bonchev–Trinajstić information content (AvgIpc) is 2.60. The van der Waals surface area contributed by atoms with Crippen LogP contribution in [0.4, 0.5) is 0 Å². The first kappa shape index (κ1) is 19.9. The molecule has 0 fully saturated rings. The number of hydrogen-bond donors (Lipinski definition) is 3. The van der Waals surface area contributed by atoms with Crippen LogP contribution < -0.4 is 20.2 Å². The highest BCUT2D eigenvalue weighted by molar-refractivity contribution is 7.87. The fourth-order valence-electron chi connectivity index (χ4n) is 2.46. The lowest BCUT2D eigenvalue weighted by Crippen LogP contribution is -2.30. The van der Waals surface area contributed by atoms with Crippen LogP contribution in [-0.4, -0.2) is 25.7 Å². The third kappa shape index (κ3) is 4.38.